The quantitative estimate of drug-likeness (QED) is 0.751. The van der Waals surface area contributed by atoms with Gasteiger partial charge in [-0.2, -0.15) is 0 Å². The zero-order chi connectivity index (χ0) is 19.0. The molecule has 1 saturated heterocycles. The van der Waals surface area contributed by atoms with Gasteiger partial charge in [-0.05, 0) is 18.9 Å². The number of benzene rings is 1. The summed E-state index contributed by atoms with van der Waals surface area (Å²) in [5, 5.41) is 2.60. The molecule has 0 saturated carbocycles. The topological polar surface area (TPSA) is 81.2 Å². The summed E-state index contributed by atoms with van der Waals surface area (Å²) in [6, 6.07) is 8.18. The first-order chi connectivity index (χ1) is 13.0. The zero-order valence-electron chi connectivity index (χ0n) is 15.2. The minimum Gasteiger partial charge on any atom is -0.341 e. The Bertz CT molecular complexity index is 1040. The molecule has 140 valence electrons. The number of nitrogens with two attached hydrogens (primary N) is 1. The molecule has 2 N–H and O–H groups in total. The highest BCUT2D eigenvalue weighted by atomic mass is 32.1. The molecule has 1 amide bonds. The molecule has 6 nitrogen and oxygen atoms in total. The first kappa shape index (κ1) is 17.9. The minimum atomic E-state index is -0.0947. The van der Waals surface area contributed by atoms with Gasteiger partial charge in [0.25, 0.3) is 5.56 Å². The van der Waals surface area contributed by atoms with Crippen molar-refractivity contribution in [3.8, 4) is 11.1 Å². The molecular formula is C20H22N4O2S. The van der Waals surface area contributed by atoms with Crippen LogP contribution in [0.4, 0.5) is 0 Å². The highest BCUT2D eigenvalue weighted by Crippen LogP contribution is 2.30. The van der Waals surface area contributed by atoms with Gasteiger partial charge in [-0.25, -0.2) is 4.98 Å². The largest absolute Gasteiger partial charge is 0.341 e. The van der Waals surface area contributed by atoms with Crippen LogP contribution in [0.1, 0.15) is 18.4 Å². The lowest BCUT2D eigenvalue weighted by atomic mass is 10.1. The first-order valence-electron chi connectivity index (χ1n) is 9.10. The smallest absolute Gasteiger partial charge is 0.262 e. The normalized spacial score (nSPS) is 17.0. The van der Waals surface area contributed by atoms with Gasteiger partial charge in [-0.15, -0.1) is 11.3 Å². The van der Waals surface area contributed by atoms with Gasteiger partial charge in [-0.3, -0.25) is 14.2 Å². The average molecular weight is 382 g/mol. The van der Waals surface area contributed by atoms with E-state index in [0.717, 1.165) is 22.4 Å². The van der Waals surface area contributed by atoms with Crippen LogP contribution in [0.15, 0.2) is 40.8 Å². The Hall–Kier alpha value is -2.51. The number of carbonyl (C=O) groups is 1. The van der Waals surface area contributed by atoms with Gasteiger partial charge in [-0.1, -0.05) is 29.8 Å². The molecule has 27 heavy (non-hydrogen) atoms. The predicted octanol–water partition coefficient (Wildman–Crippen LogP) is 2.38. The fourth-order valence-corrected chi connectivity index (χ4v) is 4.37. The maximum absolute atomic E-state index is 13.0. The van der Waals surface area contributed by atoms with E-state index in [4.69, 9.17) is 5.73 Å². The first-order valence-corrected chi connectivity index (χ1v) is 9.98. The molecule has 1 atom stereocenters. The maximum Gasteiger partial charge on any atom is 0.262 e. The molecule has 3 aromatic rings. The van der Waals surface area contributed by atoms with E-state index in [9.17, 15) is 9.59 Å². The molecule has 0 spiro atoms. The van der Waals surface area contributed by atoms with Crippen molar-refractivity contribution >= 4 is 27.5 Å². The van der Waals surface area contributed by atoms with Gasteiger partial charge < -0.3 is 10.6 Å². The molecule has 1 fully saturated rings. The van der Waals surface area contributed by atoms with E-state index in [1.807, 2.05) is 36.6 Å². The Morgan fingerprint density at radius 3 is 2.81 bits per heavy atom. The molecular weight excluding hydrogens is 360 g/mol. The third-order valence-electron chi connectivity index (χ3n) is 5.07. The fourth-order valence-electron chi connectivity index (χ4n) is 3.46. The summed E-state index contributed by atoms with van der Waals surface area (Å²) >= 11 is 1.47. The highest BCUT2D eigenvalue weighted by molar-refractivity contribution is 7.17. The van der Waals surface area contributed by atoms with Crippen LogP contribution in [-0.2, 0) is 11.3 Å². The van der Waals surface area contributed by atoms with Gasteiger partial charge in [0.15, 0.2) is 0 Å². The van der Waals surface area contributed by atoms with E-state index in [2.05, 4.69) is 4.98 Å². The van der Waals surface area contributed by atoms with Crippen LogP contribution in [0.25, 0.3) is 21.3 Å². The van der Waals surface area contributed by atoms with E-state index in [-0.39, 0.29) is 23.9 Å². The number of nitrogens with zero attached hydrogens (tertiary/aromatic N) is 3. The number of likely N-dealkylation sites (tertiary alicyclic amines) is 1. The summed E-state index contributed by atoms with van der Waals surface area (Å²) in [5.74, 6) is 0.0408. The Balaban J connectivity index is 1.60. The number of rotatable bonds is 4. The van der Waals surface area contributed by atoms with E-state index in [1.165, 1.54) is 16.9 Å². The average Bonchev–Trinajstić information content (AvgIpc) is 3.28. The number of carbonyl (C=O) groups excluding carboxylic acids is 1. The lowest BCUT2D eigenvalue weighted by Gasteiger charge is -2.16. The molecule has 0 unspecified atom stereocenters. The molecule has 0 radical (unpaired) electrons. The van der Waals surface area contributed by atoms with Gasteiger partial charge in [0.1, 0.15) is 4.83 Å². The highest BCUT2D eigenvalue weighted by Gasteiger charge is 2.23. The summed E-state index contributed by atoms with van der Waals surface area (Å²) < 4.78 is 1.54. The minimum absolute atomic E-state index is 0.0408. The van der Waals surface area contributed by atoms with E-state index in [1.54, 1.807) is 15.8 Å². The molecule has 0 aliphatic carbocycles. The molecule has 1 aliphatic heterocycles. The van der Waals surface area contributed by atoms with Crippen LogP contribution in [0.3, 0.4) is 0 Å². The summed E-state index contributed by atoms with van der Waals surface area (Å²) in [7, 11) is 0. The second-order valence-corrected chi connectivity index (χ2v) is 7.94. The summed E-state index contributed by atoms with van der Waals surface area (Å²) in [6.07, 6.45) is 2.67. The number of aryl methyl sites for hydroxylation is 2. The number of thiophene rings is 1. The Morgan fingerprint density at radius 2 is 2.11 bits per heavy atom. The van der Waals surface area contributed by atoms with Gasteiger partial charge in [0.05, 0.1) is 11.7 Å². The molecule has 4 rings (SSSR count). The second-order valence-electron chi connectivity index (χ2n) is 7.08. The van der Waals surface area contributed by atoms with E-state index in [0.29, 0.717) is 25.0 Å². The Morgan fingerprint density at radius 1 is 1.33 bits per heavy atom. The number of hydrogen-bond acceptors (Lipinski definition) is 5. The van der Waals surface area contributed by atoms with E-state index < -0.39 is 0 Å². The SMILES string of the molecule is Cc1ccc(-c2csc3ncn(CCC(=O)N4CC[C@@H](N)C4)c(=O)c23)cc1. The van der Waals surface area contributed by atoms with Crippen molar-refractivity contribution < 1.29 is 4.79 Å². The molecule has 1 aromatic carbocycles. The van der Waals surface area contributed by atoms with E-state index >= 15 is 0 Å². The maximum atomic E-state index is 13.0. The van der Waals surface area contributed by atoms with Gasteiger partial charge >= 0.3 is 0 Å². The van der Waals surface area contributed by atoms with Crippen molar-refractivity contribution in [3.63, 3.8) is 0 Å². The van der Waals surface area contributed by atoms with Crippen molar-refractivity contribution in [2.75, 3.05) is 13.1 Å². The van der Waals surface area contributed by atoms with Crippen molar-refractivity contribution in [2.24, 2.45) is 5.73 Å². The molecule has 0 bridgehead atoms. The third-order valence-corrected chi connectivity index (χ3v) is 5.95. The number of amides is 1. The lowest BCUT2D eigenvalue weighted by Crippen LogP contribution is -2.33. The van der Waals surface area contributed by atoms with Crippen LogP contribution < -0.4 is 11.3 Å². The summed E-state index contributed by atoms with van der Waals surface area (Å²) in [6.45, 7) is 3.67. The van der Waals surface area contributed by atoms with Crippen molar-refractivity contribution in [1.29, 1.82) is 0 Å². The molecule has 1 aliphatic rings. The van der Waals surface area contributed by atoms with Crippen LogP contribution >= 0.6 is 11.3 Å². The van der Waals surface area contributed by atoms with Crippen LogP contribution in [0.5, 0.6) is 0 Å². The van der Waals surface area contributed by atoms with Crippen LogP contribution in [0.2, 0.25) is 0 Å². The molecule has 3 heterocycles. The Labute approximate surface area is 161 Å². The standard InChI is InChI=1S/C20H22N4O2S/c1-13-2-4-14(5-3-13)16-11-27-19-18(16)20(26)24(12-22-19)9-7-17(25)23-8-6-15(21)10-23/h2-5,11-12,15H,6-10,21H2,1H3/t15-/m1/s1. The lowest BCUT2D eigenvalue weighted by molar-refractivity contribution is -0.130. The molecule has 2 aromatic heterocycles. The second kappa shape index (κ2) is 7.25. The predicted molar refractivity (Wildman–Crippen MR) is 108 cm³/mol. The summed E-state index contributed by atoms with van der Waals surface area (Å²) in [5.41, 5.74) is 8.86. The zero-order valence-corrected chi connectivity index (χ0v) is 16.0. The van der Waals surface area contributed by atoms with Crippen molar-refractivity contribution in [1.82, 2.24) is 14.5 Å². The van der Waals surface area contributed by atoms with Crippen LogP contribution in [0, 0.1) is 6.92 Å². The molecule has 7 heteroatoms. The monoisotopic (exact) mass is 382 g/mol. The number of fused-ring (bicyclic) bond motifs is 1. The van der Waals surface area contributed by atoms with Gasteiger partial charge in [0, 0.05) is 43.0 Å². The summed E-state index contributed by atoms with van der Waals surface area (Å²) in [4.78, 5) is 32.3. The third kappa shape index (κ3) is 3.52. The van der Waals surface area contributed by atoms with Crippen molar-refractivity contribution in [2.45, 2.75) is 32.4 Å². The van der Waals surface area contributed by atoms with Crippen molar-refractivity contribution in [3.05, 3.63) is 51.9 Å². The van der Waals surface area contributed by atoms with Crippen LogP contribution in [-0.4, -0.2) is 39.5 Å². The Kier molecular flexibility index (Phi) is 4.80. The number of hydrogen-bond donors (Lipinski definition) is 1. The number of aromatic nitrogens is 2. The fraction of sp³-hybridized carbons (Fsp3) is 0.350. The van der Waals surface area contributed by atoms with Gasteiger partial charge in [0.2, 0.25) is 5.91 Å².